The van der Waals surface area contributed by atoms with E-state index in [2.05, 4.69) is 0 Å². The van der Waals surface area contributed by atoms with Crippen molar-refractivity contribution in [3.8, 4) is 5.75 Å². The number of carbonyl (C=O) groups is 2. The summed E-state index contributed by atoms with van der Waals surface area (Å²) in [5, 5.41) is 0.657. The summed E-state index contributed by atoms with van der Waals surface area (Å²) in [6.45, 7) is 5.30. The van der Waals surface area contributed by atoms with Gasteiger partial charge in [0.2, 0.25) is 5.91 Å². The summed E-state index contributed by atoms with van der Waals surface area (Å²) in [6, 6.07) is 15.0. The van der Waals surface area contributed by atoms with Crippen LogP contribution < -0.4 is 4.74 Å². The third kappa shape index (κ3) is 6.08. The number of hydrogen-bond donors (Lipinski definition) is 0. The Hall–Kier alpha value is -2.53. The van der Waals surface area contributed by atoms with Crippen molar-refractivity contribution in [1.29, 1.82) is 0 Å². The molecule has 5 nitrogen and oxygen atoms in total. The van der Waals surface area contributed by atoms with E-state index in [-0.39, 0.29) is 11.8 Å². The molecule has 0 aromatic heterocycles. The van der Waals surface area contributed by atoms with E-state index < -0.39 is 5.41 Å². The first-order chi connectivity index (χ1) is 15.9. The van der Waals surface area contributed by atoms with Gasteiger partial charge in [-0.15, -0.1) is 0 Å². The SMILES string of the molecule is Cc1ccc(C(=O)N2CCC[C@](COc3ccc(Cl)cc3)(CC(=O)N3CCCCC3)C2)cc1. The number of halogens is 1. The van der Waals surface area contributed by atoms with Crippen molar-refractivity contribution < 1.29 is 14.3 Å². The molecule has 2 heterocycles. The highest BCUT2D eigenvalue weighted by Gasteiger charge is 2.41. The second kappa shape index (κ2) is 10.6. The first-order valence-electron chi connectivity index (χ1n) is 12.0. The van der Waals surface area contributed by atoms with Gasteiger partial charge in [-0.1, -0.05) is 29.3 Å². The van der Waals surface area contributed by atoms with Crippen LogP contribution >= 0.6 is 11.6 Å². The smallest absolute Gasteiger partial charge is 0.253 e. The molecule has 2 fully saturated rings. The summed E-state index contributed by atoms with van der Waals surface area (Å²) in [5.41, 5.74) is 1.41. The standard InChI is InChI=1S/C27H33ClN2O3/c1-21-6-8-22(9-7-21)26(32)30-17-5-14-27(19-30,18-25(31)29-15-3-2-4-16-29)20-33-24-12-10-23(28)11-13-24/h6-13H,2-5,14-20H2,1H3/t27-/m0/s1. The first-order valence-corrected chi connectivity index (χ1v) is 12.3. The second-order valence-corrected chi connectivity index (χ2v) is 9.99. The van der Waals surface area contributed by atoms with Gasteiger partial charge in [-0.3, -0.25) is 9.59 Å². The molecule has 0 radical (unpaired) electrons. The minimum atomic E-state index is -0.410. The van der Waals surface area contributed by atoms with Crippen molar-refractivity contribution in [2.45, 2.75) is 45.4 Å². The highest BCUT2D eigenvalue weighted by Crippen LogP contribution is 2.36. The molecule has 2 saturated heterocycles. The third-order valence-electron chi connectivity index (χ3n) is 6.84. The van der Waals surface area contributed by atoms with E-state index in [1.807, 2.05) is 53.1 Å². The Bertz CT molecular complexity index is 954. The molecule has 4 rings (SSSR count). The summed E-state index contributed by atoms with van der Waals surface area (Å²) in [6.07, 6.45) is 5.44. The van der Waals surface area contributed by atoms with Crippen LogP contribution in [0.25, 0.3) is 0 Å². The van der Waals surface area contributed by atoms with Crippen LogP contribution in [-0.4, -0.2) is 54.4 Å². The third-order valence-corrected chi connectivity index (χ3v) is 7.09. The fourth-order valence-electron chi connectivity index (χ4n) is 4.92. The summed E-state index contributed by atoms with van der Waals surface area (Å²) in [4.78, 5) is 30.4. The van der Waals surface area contributed by atoms with Crippen LogP contribution in [0.3, 0.4) is 0 Å². The predicted molar refractivity (Wildman–Crippen MR) is 131 cm³/mol. The lowest BCUT2D eigenvalue weighted by molar-refractivity contribution is -0.136. The summed E-state index contributed by atoms with van der Waals surface area (Å²) in [5.74, 6) is 0.932. The maximum Gasteiger partial charge on any atom is 0.253 e. The van der Waals surface area contributed by atoms with Crippen molar-refractivity contribution in [1.82, 2.24) is 9.80 Å². The average Bonchev–Trinajstić information content (AvgIpc) is 2.84. The molecule has 0 N–H and O–H groups in total. The molecule has 2 aliphatic heterocycles. The van der Waals surface area contributed by atoms with E-state index in [0.29, 0.717) is 36.7 Å². The molecule has 6 heteroatoms. The van der Waals surface area contributed by atoms with Crippen molar-refractivity contribution in [3.05, 3.63) is 64.7 Å². The first kappa shape index (κ1) is 23.6. The van der Waals surface area contributed by atoms with Gasteiger partial charge < -0.3 is 14.5 Å². The van der Waals surface area contributed by atoms with Crippen LogP contribution in [0, 0.1) is 12.3 Å². The quantitative estimate of drug-likeness (QED) is 0.574. The lowest BCUT2D eigenvalue weighted by Crippen LogP contribution is -2.51. The van der Waals surface area contributed by atoms with Crippen molar-refractivity contribution in [2.75, 3.05) is 32.8 Å². The maximum absolute atomic E-state index is 13.3. The molecule has 2 aromatic rings. The van der Waals surface area contributed by atoms with E-state index in [4.69, 9.17) is 16.3 Å². The van der Waals surface area contributed by atoms with Gasteiger partial charge in [0.25, 0.3) is 5.91 Å². The number of benzene rings is 2. The molecule has 0 bridgehead atoms. The maximum atomic E-state index is 13.3. The molecule has 0 unspecified atom stereocenters. The van der Waals surface area contributed by atoms with E-state index >= 15 is 0 Å². The Kier molecular flexibility index (Phi) is 7.59. The summed E-state index contributed by atoms with van der Waals surface area (Å²) in [7, 11) is 0. The molecule has 1 atom stereocenters. The van der Waals surface area contributed by atoms with Gasteiger partial charge in [-0.25, -0.2) is 0 Å². The molecule has 33 heavy (non-hydrogen) atoms. The Morgan fingerprint density at radius 1 is 0.909 bits per heavy atom. The Balaban J connectivity index is 1.52. The molecule has 0 spiro atoms. The molecule has 2 amide bonds. The van der Waals surface area contributed by atoms with Crippen LogP contribution in [-0.2, 0) is 4.79 Å². The van der Waals surface area contributed by atoms with Crippen LogP contribution in [0.15, 0.2) is 48.5 Å². The normalized spacial score (nSPS) is 21.0. The molecule has 0 aliphatic carbocycles. The van der Waals surface area contributed by atoms with Gasteiger partial charge >= 0.3 is 0 Å². The number of carbonyl (C=O) groups excluding carboxylic acids is 2. The highest BCUT2D eigenvalue weighted by atomic mass is 35.5. The topological polar surface area (TPSA) is 49.9 Å². The minimum Gasteiger partial charge on any atom is -0.493 e. The zero-order chi connectivity index (χ0) is 23.3. The number of nitrogens with zero attached hydrogens (tertiary/aromatic N) is 2. The lowest BCUT2D eigenvalue weighted by Gasteiger charge is -2.43. The minimum absolute atomic E-state index is 0.0241. The zero-order valence-corrected chi connectivity index (χ0v) is 20.2. The second-order valence-electron chi connectivity index (χ2n) is 9.56. The van der Waals surface area contributed by atoms with Gasteiger partial charge in [0.15, 0.2) is 0 Å². The fourth-order valence-corrected chi connectivity index (χ4v) is 5.04. The van der Waals surface area contributed by atoms with Gasteiger partial charge in [0, 0.05) is 48.6 Å². The highest BCUT2D eigenvalue weighted by molar-refractivity contribution is 6.30. The fraction of sp³-hybridized carbons (Fsp3) is 0.481. The molecule has 176 valence electrons. The van der Waals surface area contributed by atoms with Crippen molar-refractivity contribution >= 4 is 23.4 Å². The molecule has 2 aromatic carbocycles. The Morgan fingerprint density at radius 2 is 1.58 bits per heavy atom. The number of piperidine rings is 2. The largest absolute Gasteiger partial charge is 0.493 e. The number of aryl methyl sites for hydroxylation is 1. The predicted octanol–water partition coefficient (Wildman–Crippen LogP) is 5.35. The molecular formula is C27H33ClN2O3. The molecule has 0 saturated carbocycles. The van der Waals surface area contributed by atoms with E-state index in [1.165, 1.54) is 6.42 Å². The van der Waals surface area contributed by atoms with Crippen LogP contribution in [0.1, 0.15) is 54.4 Å². The van der Waals surface area contributed by atoms with Crippen LogP contribution in [0.4, 0.5) is 0 Å². The zero-order valence-electron chi connectivity index (χ0n) is 19.4. The van der Waals surface area contributed by atoms with Crippen LogP contribution in [0.2, 0.25) is 5.02 Å². The number of rotatable bonds is 6. The van der Waals surface area contributed by atoms with Crippen molar-refractivity contribution in [2.24, 2.45) is 5.41 Å². The van der Waals surface area contributed by atoms with Gasteiger partial charge in [0.1, 0.15) is 5.75 Å². The number of amides is 2. The lowest BCUT2D eigenvalue weighted by atomic mass is 9.77. The monoisotopic (exact) mass is 468 g/mol. The number of likely N-dealkylation sites (tertiary alicyclic amines) is 2. The number of hydrogen-bond acceptors (Lipinski definition) is 3. The van der Waals surface area contributed by atoms with Gasteiger partial charge in [-0.05, 0) is 75.4 Å². The number of ether oxygens (including phenoxy) is 1. The van der Waals surface area contributed by atoms with E-state index in [0.717, 1.165) is 50.1 Å². The van der Waals surface area contributed by atoms with Gasteiger partial charge in [-0.2, -0.15) is 0 Å². The Morgan fingerprint density at radius 3 is 2.27 bits per heavy atom. The average molecular weight is 469 g/mol. The molecular weight excluding hydrogens is 436 g/mol. The Labute approximate surface area is 201 Å². The van der Waals surface area contributed by atoms with Crippen LogP contribution in [0.5, 0.6) is 5.75 Å². The van der Waals surface area contributed by atoms with E-state index in [9.17, 15) is 9.59 Å². The summed E-state index contributed by atoms with van der Waals surface area (Å²) < 4.78 is 6.17. The summed E-state index contributed by atoms with van der Waals surface area (Å²) >= 11 is 6.01. The van der Waals surface area contributed by atoms with Gasteiger partial charge in [0.05, 0.1) is 6.61 Å². The van der Waals surface area contributed by atoms with E-state index in [1.54, 1.807) is 12.1 Å². The molecule has 2 aliphatic rings. The van der Waals surface area contributed by atoms with Crippen molar-refractivity contribution in [3.63, 3.8) is 0 Å².